The summed E-state index contributed by atoms with van der Waals surface area (Å²) in [5.41, 5.74) is 0. The minimum absolute atomic E-state index is 0. The van der Waals surface area contributed by atoms with Crippen molar-refractivity contribution < 1.29 is 40.7 Å². The average Bonchev–Trinajstić information content (AvgIpc) is 2.00. The van der Waals surface area contributed by atoms with Crippen molar-refractivity contribution in [2.24, 2.45) is 5.92 Å². The Hall–Kier alpha value is 0.420. The van der Waals surface area contributed by atoms with Gasteiger partial charge in [0.25, 0.3) is 0 Å². The Balaban J connectivity index is 0. The number of carbonyl (C=O) groups excluding carboxylic acids is 1. The first-order chi connectivity index (χ1) is 5.89. The number of hydrogen-bond acceptors (Lipinski definition) is 3. The number of halogens is 2. The molecule has 0 spiro atoms. The third-order valence-electron chi connectivity index (χ3n) is 1.51. The SMILES string of the molecule is [CH2-]C(F)(F)CC(C[S-])CC(=O)OC.[Nb+2]. The van der Waals surface area contributed by atoms with E-state index in [-0.39, 0.29) is 34.6 Å². The Bertz CT molecular complexity index is 173. The number of hydrogen-bond donors (Lipinski definition) is 0. The minimum atomic E-state index is -3.02. The molecule has 6 heteroatoms. The summed E-state index contributed by atoms with van der Waals surface area (Å²) in [7, 11) is 1.21. The van der Waals surface area contributed by atoms with Gasteiger partial charge < -0.3 is 17.4 Å². The van der Waals surface area contributed by atoms with E-state index in [1.807, 2.05) is 0 Å². The predicted molar refractivity (Wildman–Crippen MR) is 47.3 cm³/mol. The number of rotatable bonds is 5. The van der Waals surface area contributed by atoms with E-state index in [9.17, 15) is 13.6 Å². The van der Waals surface area contributed by atoms with Crippen LogP contribution in [-0.4, -0.2) is 24.8 Å². The molecule has 0 aliphatic carbocycles. The van der Waals surface area contributed by atoms with Crippen LogP contribution >= 0.6 is 0 Å². The van der Waals surface area contributed by atoms with Gasteiger partial charge in [-0.15, -0.1) is 0 Å². The van der Waals surface area contributed by atoms with Gasteiger partial charge >= 0.3 is 28.3 Å². The Kier molecular flexibility index (Phi) is 9.23. The molecule has 0 aliphatic rings. The summed E-state index contributed by atoms with van der Waals surface area (Å²) in [6.07, 6.45) is -0.531. The van der Waals surface area contributed by atoms with E-state index in [2.05, 4.69) is 24.3 Å². The maximum Gasteiger partial charge on any atom is 2.00 e. The quantitative estimate of drug-likeness (QED) is 0.334. The van der Waals surface area contributed by atoms with Crippen LogP contribution in [0.2, 0.25) is 0 Å². The first-order valence-electron chi connectivity index (χ1n) is 3.77. The zero-order chi connectivity index (χ0) is 10.5. The van der Waals surface area contributed by atoms with Gasteiger partial charge in [-0.05, 0) is 12.3 Å². The first kappa shape index (κ1) is 16.8. The summed E-state index contributed by atoms with van der Waals surface area (Å²) in [4.78, 5) is 10.7. The van der Waals surface area contributed by atoms with E-state index in [0.29, 0.717) is 0 Å². The van der Waals surface area contributed by atoms with Gasteiger partial charge in [-0.2, -0.15) is 5.75 Å². The standard InChI is InChI=1S/C8H13F2O2S.Nb/c1-8(9,10)4-6(5-13)3-7(11)12-2;/h6,13H,1,3-5H2,2H3;/q-1;+2/p-1. The van der Waals surface area contributed by atoms with E-state index in [0.717, 1.165) is 0 Å². The fourth-order valence-electron chi connectivity index (χ4n) is 0.931. The molecule has 0 aliphatic heterocycles. The van der Waals surface area contributed by atoms with Crippen LogP contribution in [0.4, 0.5) is 8.78 Å². The van der Waals surface area contributed by atoms with Crippen molar-refractivity contribution in [3.8, 4) is 0 Å². The summed E-state index contributed by atoms with van der Waals surface area (Å²) in [6.45, 7) is 2.66. The summed E-state index contributed by atoms with van der Waals surface area (Å²) < 4.78 is 29.2. The number of ether oxygens (including phenoxy) is 1. The van der Waals surface area contributed by atoms with Crippen LogP contribution in [0.15, 0.2) is 0 Å². The van der Waals surface area contributed by atoms with Gasteiger partial charge in [-0.3, -0.25) is 11.7 Å². The molecule has 0 amide bonds. The average molecular weight is 303 g/mol. The van der Waals surface area contributed by atoms with E-state index in [4.69, 9.17) is 0 Å². The van der Waals surface area contributed by atoms with Gasteiger partial charge in [0.05, 0.1) is 7.11 Å². The normalized spacial score (nSPS) is 12.9. The Morgan fingerprint density at radius 2 is 2.14 bits per heavy atom. The zero-order valence-electron chi connectivity index (χ0n) is 7.83. The van der Waals surface area contributed by atoms with Gasteiger partial charge in [0.2, 0.25) is 0 Å². The smallest absolute Gasteiger partial charge is 0.792 e. The first-order valence-corrected chi connectivity index (χ1v) is 4.35. The molecule has 0 saturated heterocycles. The molecule has 14 heavy (non-hydrogen) atoms. The van der Waals surface area contributed by atoms with Crippen molar-refractivity contribution in [1.29, 1.82) is 0 Å². The molecule has 1 atom stereocenters. The van der Waals surface area contributed by atoms with Crippen molar-refractivity contribution >= 4 is 18.6 Å². The van der Waals surface area contributed by atoms with Crippen molar-refractivity contribution in [3.63, 3.8) is 0 Å². The molecule has 0 rings (SSSR count). The summed E-state index contributed by atoms with van der Waals surface area (Å²) in [5, 5.41) is 0. The van der Waals surface area contributed by atoms with Crippen molar-refractivity contribution in [2.75, 3.05) is 12.9 Å². The van der Waals surface area contributed by atoms with E-state index in [1.54, 1.807) is 0 Å². The van der Waals surface area contributed by atoms with E-state index in [1.165, 1.54) is 7.11 Å². The Morgan fingerprint density at radius 3 is 2.43 bits per heavy atom. The molecule has 0 saturated carbocycles. The Morgan fingerprint density at radius 1 is 1.64 bits per heavy atom. The van der Waals surface area contributed by atoms with Crippen molar-refractivity contribution in [2.45, 2.75) is 18.8 Å². The molecule has 0 aromatic heterocycles. The maximum absolute atomic E-state index is 12.4. The van der Waals surface area contributed by atoms with Crippen LogP contribution in [0.5, 0.6) is 0 Å². The molecule has 1 radical (unpaired) electrons. The molecule has 0 aromatic carbocycles. The van der Waals surface area contributed by atoms with Crippen LogP contribution in [0.1, 0.15) is 12.8 Å². The molecule has 81 valence electrons. The number of carbonyl (C=O) groups is 1. The third kappa shape index (κ3) is 8.99. The van der Waals surface area contributed by atoms with Crippen molar-refractivity contribution in [3.05, 3.63) is 6.92 Å². The van der Waals surface area contributed by atoms with E-state index >= 15 is 0 Å². The van der Waals surface area contributed by atoms with Crippen LogP contribution in [-0.2, 0) is 44.5 Å². The molecule has 1 unspecified atom stereocenters. The van der Waals surface area contributed by atoms with Crippen molar-refractivity contribution in [1.82, 2.24) is 0 Å². The minimum Gasteiger partial charge on any atom is -0.792 e. The number of alkyl halides is 2. The van der Waals surface area contributed by atoms with Gasteiger partial charge in [0, 0.05) is 6.42 Å². The molecule has 0 aromatic rings. The van der Waals surface area contributed by atoms with Crippen LogP contribution < -0.4 is 0 Å². The molecule has 0 heterocycles. The second-order valence-electron chi connectivity index (χ2n) is 2.87. The topological polar surface area (TPSA) is 26.3 Å². The van der Waals surface area contributed by atoms with Gasteiger partial charge in [-0.25, -0.2) is 8.78 Å². The van der Waals surface area contributed by atoms with Crippen LogP contribution in [0.25, 0.3) is 0 Å². The molecule has 2 nitrogen and oxygen atoms in total. The van der Waals surface area contributed by atoms with Crippen LogP contribution in [0.3, 0.4) is 0 Å². The second kappa shape index (κ2) is 7.68. The fraction of sp³-hybridized carbons (Fsp3) is 0.750. The third-order valence-corrected chi connectivity index (χ3v) is 1.98. The van der Waals surface area contributed by atoms with E-state index < -0.39 is 24.2 Å². The molecular formula is C8H12F2NbO2S. The molecular weight excluding hydrogens is 291 g/mol. The maximum atomic E-state index is 12.4. The molecule has 0 N–H and O–H groups in total. The van der Waals surface area contributed by atoms with Crippen LogP contribution in [0, 0.1) is 12.8 Å². The number of methoxy groups -OCH3 is 1. The Labute approximate surface area is 104 Å². The van der Waals surface area contributed by atoms with Gasteiger partial charge in [0.1, 0.15) is 5.92 Å². The summed E-state index contributed by atoms with van der Waals surface area (Å²) >= 11 is 4.64. The summed E-state index contributed by atoms with van der Waals surface area (Å²) in [6, 6.07) is 0. The molecule has 0 bridgehead atoms. The molecule has 0 fully saturated rings. The second-order valence-corrected chi connectivity index (χ2v) is 3.21. The predicted octanol–water partition coefficient (Wildman–Crippen LogP) is 1.57. The zero-order valence-corrected chi connectivity index (χ0v) is 10.8. The largest absolute Gasteiger partial charge is 2.00 e. The van der Waals surface area contributed by atoms with Gasteiger partial charge in [0.15, 0.2) is 0 Å². The monoisotopic (exact) mass is 303 g/mol. The van der Waals surface area contributed by atoms with Gasteiger partial charge in [-0.1, -0.05) is 0 Å². The fourth-order valence-corrected chi connectivity index (χ4v) is 1.17. The number of esters is 1. The summed E-state index contributed by atoms with van der Waals surface area (Å²) in [5.74, 6) is -3.95.